The molecule has 0 radical (unpaired) electrons. The van der Waals surface area contributed by atoms with Crippen LogP contribution in [0.1, 0.15) is 198 Å². The van der Waals surface area contributed by atoms with Crippen molar-refractivity contribution in [2.45, 2.75) is 195 Å². The molecule has 1 aliphatic carbocycles. The van der Waals surface area contributed by atoms with Gasteiger partial charge in [-0.05, 0) is 149 Å². The summed E-state index contributed by atoms with van der Waals surface area (Å²) in [6.07, 6.45) is 21.6. The number of hydrogen-bond acceptors (Lipinski definition) is 2. The van der Waals surface area contributed by atoms with Crippen LogP contribution >= 0.6 is 0 Å². The van der Waals surface area contributed by atoms with Crippen LogP contribution in [0.25, 0.3) is 0 Å². The van der Waals surface area contributed by atoms with E-state index in [1.807, 2.05) is 0 Å². The van der Waals surface area contributed by atoms with Gasteiger partial charge >= 0.3 is 0 Å². The van der Waals surface area contributed by atoms with Crippen molar-refractivity contribution in [2.24, 2.45) is 0 Å². The Balaban J connectivity index is 1.14. The Labute approximate surface area is 468 Å². The number of aromatic nitrogens is 4. The molecule has 2 aromatic heterocycles. The number of phenolic OH excluding ortho intramolecular Hbond substituents is 2. The summed E-state index contributed by atoms with van der Waals surface area (Å²) < 4.78 is 9.18. The fraction of sp³-hybridized carbons (Fsp3) is 0.417. The Hall–Kier alpha value is -6.66. The average Bonchev–Trinajstić information content (AvgIpc) is 4.05. The van der Waals surface area contributed by atoms with Crippen LogP contribution in [0, 0.1) is 0 Å². The molecule has 6 aromatic carbocycles. The molecule has 1 aliphatic rings. The van der Waals surface area contributed by atoms with E-state index in [4.69, 9.17) is 0 Å². The second-order valence-corrected chi connectivity index (χ2v) is 27.1. The van der Waals surface area contributed by atoms with Crippen molar-refractivity contribution in [1.29, 1.82) is 0 Å². The number of unbranched alkanes of at least 4 members (excludes halogenated alkanes) is 2. The Morgan fingerprint density at radius 2 is 0.667 bits per heavy atom. The van der Waals surface area contributed by atoms with Crippen molar-refractivity contribution >= 4 is 0 Å². The molecule has 6 heteroatoms. The molecule has 0 atom stereocenters. The Bertz CT molecular complexity index is 3020. The first kappa shape index (κ1) is 56.1. The van der Waals surface area contributed by atoms with E-state index in [2.05, 4.69) is 248 Å². The second kappa shape index (κ2) is 23.0. The number of rotatable bonds is 14. The molecule has 0 saturated heterocycles. The fourth-order valence-electron chi connectivity index (χ4n) is 11.6. The summed E-state index contributed by atoms with van der Waals surface area (Å²) in [5.41, 5.74) is 18.9. The van der Waals surface area contributed by atoms with Gasteiger partial charge in [0.25, 0.3) is 0 Å². The SMILES string of the molecule is CC(C)(C)c1cc2c(O)c(c1)Cc1cc(C(C)(C)C)cc(c1CCCCn1cc[n+](Cc3ccccc3)c1)Cc1cc(C(C)(C)C)cc(c1O)Cc1cc(C(C)(C)C)cc(c1CCCCn1cc[n+](Cc3ccccc3)c1)C2. The highest BCUT2D eigenvalue weighted by Gasteiger charge is 2.28. The molecule has 2 N–H and O–H groups in total. The molecule has 0 amide bonds. The van der Waals surface area contributed by atoms with Crippen molar-refractivity contribution < 1.29 is 19.3 Å². The van der Waals surface area contributed by atoms with Gasteiger partial charge in [-0.1, -0.05) is 192 Å². The van der Waals surface area contributed by atoms with E-state index >= 15 is 0 Å². The van der Waals surface area contributed by atoms with E-state index in [1.165, 1.54) is 66.8 Å². The van der Waals surface area contributed by atoms with Crippen molar-refractivity contribution in [2.75, 3.05) is 0 Å². The van der Waals surface area contributed by atoms with E-state index in [-0.39, 0.29) is 21.7 Å². The van der Waals surface area contributed by atoms with Gasteiger partial charge in [0.2, 0.25) is 12.7 Å². The zero-order chi connectivity index (χ0) is 55.6. The minimum absolute atomic E-state index is 0.122. The van der Waals surface area contributed by atoms with Crippen molar-refractivity contribution in [3.8, 4) is 11.5 Å². The van der Waals surface area contributed by atoms with Gasteiger partial charge in [0, 0.05) is 25.7 Å². The summed E-state index contributed by atoms with van der Waals surface area (Å²) in [7, 11) is 0. The maximum atomic E-state index is 12.9. The number of imidazole rings is 2. The van der Waals surface area contributed by atoms with Gasteiger partial charge in [0.05, 0.1) is 13.1 Å². The number of hydrogen-bond donors (Lipinski definition) is 2. The van der Waals surface area contributed by atoms with Crippen LogP contribution in [-0.2, 0) is 86.4 Å². The molecule has 0 saturated carbocycles. The lowest BCUT2D eigenvalue weighted by molar-refractivity contribution is -0.688. The number of aromatic hydroxyl groups is 2. The van der Waals surface area contributed by atoms with Crippen LogP contribution in [0.2, 0.25) is 0 Å². The molecular formula is C72H90N4O2+2. The Morgan fingerprint density at radius 3 is 0.949 bits per heavy atom. The summed E-state index contributed by atoms with van der Waals surface area (Å²) in [6, 6.07) is 40.4. The van der Waals surface area contributed by atoms with Crippen LogP contribution in [0.5, 0.6) is 11.5 Å². The van der Waals surface area contributed by atoms with E-state index in [1.54, 1.807) is 0 Å². The van der Waals surface area contributed by atoms with Gasteiger partial charge in [-0.2, -0.15) is 0 Å². The second-order valence-electron chi connectivity index (χ2n) is 27.1. The highest BCUT2D eigenvalue weighted by Crippen LogP contribution is 2.41. The molecule has 0 aliphatic heterocycles. The first-order chi connectivity index (χ1) is 36.9. The van der Waals surface area contributed by atoms with Gasteiger partial charge in [-0.15, -0.1) is 0 Å². The third-order valence-corrected chi connectivity index (χ3v) is 16.5. The Kier molecular flexibility index (Phi) is 16.5. The number of benzene rings is 6. The van der Waals surface area contributed by atoms with Gasteiger partial charge < -0.3 is 10.2 Å². The zero-order valence-electron chi connectivity index (χ0n) is 49.4. The average molecular weight is 1040 g/mol. The van der Waals surface area contributed by atoms with E-state index < -0.39 is 0 Å². The molecule has 6 nitrogen and oxygen atoms in total. The van der Waals surface area contributed by atoms with Crippen LogP contribution < -0.4 is 9.13 Å². The monoisotopic (exact) mass is 1040 g/mol. The third-order valence-electron chi connectivity index (χ3n) is 16.5. The maximum Gasteiger partial charge on any atom is 0.244 e. The number of aryl methyl sites for hydroxylation is 2. The number of nitrogens with zero attached hydrogens (tertiary/aromatic N) is 4. The lowest BCUT2D eigenvalue weighted by Gasteiger charge is -2.28. The molecule has 8 bridgehead atoms. The third kappa shape index (κ3) is 13.8. The molecule has 9 rings (SSSR count). The molecule has 408 valence electrons. The fourth-order valence-corrected chi connectivity index (χ4v) is 11.6. The van der Waals surface area contributed by atoms with Gasteiger partial charge in [0.15, 0.2) is 0 Å². The number of fused-ring (bicyclic) bond motifs is 8. The van der Waals surface area contributed by atoms with Crippen molar-refractivity contribution in [1.82, 2.24) is 9.13 Å². The van der Waals surface area contributed by atoms with Crippen molar-refractivity contribution in [3.05, 3.63) is 236 Å². The van der Waals surface area contributed by atoms with E-state index in [0.717, 1.165) is 87.0 Å². The molecule has 0 unspecified atom stereocenters. The lowest BCUT2D eigenvalue weighted by Crippen LogP contribution is -2.31. The normalized spacial score (nSPS) is 13.3. The predicted molar refractivity (Wildman–Crippen MR) is 321 cm³/mol. The minimum Gasteiger partial charge on any atom is -0.507 e. The highest BCUT2D eigenvalue weighted by molar-refractivity contribution is 5.57. The van der Waals surface area contributed by atoms with Gasteiger partial charge in [-0.3, -0.25) is 0 Å². The quantitative estimate of drug-likeness (QED) is 0.0842. The summed E-state index contributed by atoms with van der Waals surface area (Å²) in [6.45, 7) is 31.3. The standard InChI is InChI=1S/C72H88N4O2/c1-69(2,3)61-39-53-35-57-43-63(71(7,8)9)45-59(67(57)77)37-55-41-62(70(4,5)6)42-56(66(55)28-20-22-30-74-32-34-76(50-74)48-52-25-17-14-18-26-52)38-60-46-64(72(10,11)12)44-58(68(60)78)36-54(40-61)65(53)27-19-21-29-73-31-33-75(49-73)47-51-23-15-13-16-24-51/h13-18,23-26,31-34,39-46,49-50H,19-22,27-30,35-38,47-48H2,1-12H3/p+2. The largest absolute Gasteiger partial charge is 0.507 e. The minimum atomic E-state index is -0.138. The van der Waals surface area contributed by atoms with Crippen LogP contribution in [0.4, 0.5) is 0 Å². The van der Waals surface area contributed by atoms with E-state index in [9.17, 15) is 10.2 Å². The van der Waals surface area contributed by atoms with Crippen LogP contribution in [0.15, 0.2) is 147 Å². The molecule has 2 heterocycles. The van der Waals surface area contributed by atoms with Gasteiger partial charge in [-0.25, -0.2) is 18.3 Å². The molecule has 78 heavy (non-hydrogen) atoms. The molecular weight excluding hydrogens is 953 g/mol. The first-order valence-corrected chi connectivity index (χ1v) is 29.1. The van der Waals surface area contributed by atoms with Crippen LogP contribution in [-0.4, -0.2) is 19.3 Å². The first-order valence-electron chi connectivity index (χ1n) is 29.1. The summed E-state index contributed by atoms with van der Waals surface area (Å²) in [4.78, 5) is 0. The molecule has 8 aromatic rings. The number of phenols is 2. The molecule has 0 fully saturated rings. The lowest BCUT2D eigenvalue weighted by atomic mass is 9.77. The Morgan fingerprint density at radius 1 is 0.385 bits per heavy atom. The highest BCUT2D eigenvalue weighted by atomic mass is 16.3. The van der Waals surface area contributed by atoms with Crippen molar-refractivity contribution in [3.63, 3.8) is 0 Å². The van der Waals surface area contributed by atoms with E-state index in [0.29, 0.717) is 37.2 Å². The van der Waals surface area contributed by atoms with Crippen LogP contribution in [0.3, 0.4) is 0 Å². The predicted octanol–water partition coefficient (Wildman–Crippen LogP) is 15.3. The molecule has 0 spiro atoms. The smallest absolute Gasteiger partial charge is 0.244 e. The maximum absolute atomic E-state index is 12.9. The summed E-state index contributed by atoms with van der Waals surface area (Å²) >= 11 is 0. The van der Waals surface area contributed by atoms with Gasteiger partial charge in [0.1, 0.15) is 49.4 Å². The summed E-state index contributed by atoms with van der Waals surface area (Å²) in [5, 5.41) is 25.9. The summed E-state index contributed by atoms with van der Waals surface area (Å²) in [5.74, 6) is 0.839. The zero-order valence-corrected chi connectivity index (χ0v) is 49.4. The topological polar surface area (TPSA) is 58.1 Å².